The molecule has 1 unspecified atom stereocenters. The van der Waals surface area contributed by atoms with Gasteiger partial charge in [-0.1, -0.05) is 45.1 Å². The summed E-state index contributed by atoms with van der Waals surface area (Å²) in [5.41, 5.74) is 6.29. The third-order valence-electron chi connectivity index (χ3n) is 6.52. The van der Waals surface area contributed by atoms with E-state index in [-0.39, 0.29) is 5.41 Å². The van der Waals surface area contributed by atoms with Crippen LogP contribution in [-0.4, -0.2) is 30.1 Å². The number of hydrogen-bond donors (Lipinski definition) is 2. The summed E-state index contributed by atoms with van der Waals surface area (Å²) in [6.45, 7) is 13.0. The Balaban J connectivity index is 2.28. The standard InChI is InChI=1S/C27H40N2O/c1-7-21-16-17-25(28-6)24(19-21)27(5,8-2)18-12-14-22-13-11-15-23(20-26(22)30)29(9-3)10-4/h11-12,14-17,19-20,28,30H,7-10,13,18H2,1-6H3/p+1/b14-12+. The first-order chi connectivity index (χ1) is 14.4. The topological polar surface area (TPSA) is 40.1 Å². The summed E-state index contributed by atoms with van der Waals surface area (Å²) >= 11 is 0. The van der Waals surface area contributed by atoms with Crippen LogP contribution < -0.4 is 5.32 Å². The second kappa shape index (κ2) is 11.2. The highest BCUT2D eigenvalue weighted by Gasteiger charge is 2.28. The Kier molecular flexibility index (Phi) is 8.98. The number of nitrogens with two attached hydrogens (primary N) is 1. The summed E-state index contributed by atoms with van der Waals surface area (Å²) in [5.74, 6) is 0.381. The predicted octanol–water partition coefficient (Wildman–Crippen LogP) is 5.69. The molecule has 0 bridgehead atoms. The first-order valence-corrected chi connectivity index (χ1v) is 11.6. The maximum absolute atomic E-state index is 10.7. The van der Waals surface area contributed by atoms with E-state index >= 15 is 0 Å². The third-order valence-corrected chi connectivity index (χ3v) is 6.52. The molecule has 1 aliphatic carbocycles. The van der Waals surface area contributed by atoms with Crippen LogP contribution >= 0.6 is 0 Å². The molecular weight excluding hydrogens is 368 g/mol. The molecule has 0 saturated heterocycles. The minimum Gasteiger partial charge on any atom is -0.508 e. The van der Waals surface area contributed by atoms with Crippen molar-refractivity contribution in [3.8, 4) is 0 Å². The van der Waals surface area contributed by atoms with Gasteiger partial charge in [0.05, 0.1) is 7.05 Å². The summed E-state index contributed by atoms with van der Waals surface area (Å²) in [5, 5.41) is 12.9. The van der Waals surface area contributed by atoms with Crippen molar-refractivity contribution < 1.29 is 10.4 Å². The number of aliphatic hydroxyl groups is 1. The van der Waals surface area contributed by atoms with Gasteiger partial charge in [-0.25, -0.2) is 0 Å². The number of hydrogen-bond acceptors (Lipinski definition) is 2. The van der Waals surface area contributed by atoms with E-state index in [9.17, 15) is 5.11 Å². The molecule has 0 saturated carbocycles. The second-order valence-electron chi connectivity index (χ2n) is 8.34. The van der Waals surface area contributed by atoms with Crippen molar-refractivity contribution in [2.75, 3.05) is 20.1 Å². The van der Waals surface area contributed by atoms with Gasteiger partial charge in [0.1, 0.15) is 11.4 Å². The molecule has 30 heavy (non-hydrogen) atoms. The van der Waals surface area contributed by atoms with Crippen LogP contribution in [0, 0.1) is 0 Å². The summed E-state index contributed by atoms with van der Waals surface area (Å²) in [4.78, 5) is 2.26. The van der Waals surface area contributed by atoms with Crippen LogP contribution in [0.2, 0.25) is 0 Å². The minimum absolute atomic E-state index is 0.0719. The summed E-state index contributed by atoms with van der Waals surface area (Å²) in [7, 11) is 2.12. The first-order valence-electron chi connectivity index (χ1n) is 11.6. The Hall–Kier alpha value is -2.26. The number of quaternary nitrogens is 1. The van der Waals surface area contributed by atoms with Gasteiger partial charge >= 0.3 is 0 Å². The Labute approximate surface area is 183 Å². The molecule has 1 atom stereocenters. The predicted molar refractivity (Wildman–Crippen MR) is 129 cm³/mol. The first kappa shape index (κ1) is 24.0. The highest BCUT2D eigenvalue weighted by molar-refractivity contribution is 5.47. The summed E-state index contributed by atoms with van der Waals surface area (Å²) in [6.07, 6.45) is 14.4. The highest BCUT2D eigenvalue weighted by atomic mass is 16.3. The van der Waals surface area contributed by atoms with E-state index in [1.54, 1.807) is 0 Å². The summed E-state index contributed by atoms with van der Waals surface area (Å²) < 4.78 is 0. The molecule has 164 valence electrons. The lowest BCUT2D eigenvalue weighted by Gasteiger charge is -2.29. The lowest BCUT2D eigenvalue weighted by Crippen LogP contribution is -2.73. The monoisotopic (exact) mass is 409 g/mol. The van der Waals surface area contributed by atoms with Gasteiger partial charge in [0.25, 0.3) is 0 Å². The number of rotatable bonds is 10. The molecule has 3 nitrogen and oxygen atoms in total. The van der Waals surface area contributed by atoms with Gasteiger partial charge in [0.2, 0.25) is 0 Å². The maximum Gasteiger partial charge on any atom is 0.133 e. The zero-order chi connectivity index (χ0) is 22.1. The van der Waals surface area contributed by atoms with E-state index in [2.05, 4.69) is 94.4 Å². The zero-order valence-corrected chi connectivity index (χ0v) is 19.8. The van der Waals surface area contributed by atoms with Crippen LogP contribution in [0.1, 0.15) is 65.0 Å². The van der Waals surface area contributed by atoms with Crippen LogP contribution in [0.15, 0.2) is 65.6 Å². The maximum atomic E-state index is 10.7. The van der Waals surface area contributed by atoms with E-state index in [1.807, 2.05) is 6.08 Å². The fourth-order valence-corrected chi connectivity index (χ4v) is 4.13. The largest absolute Gasteiger partial charge is 0.508 e. The molecule has 0 fully saturated rings. The highest BCUT2D eigenvalue weighted by Crippen LogP contribution is 2.36. The molecule has 2 rings (SSSR count). The van der Waals surface area contributed by atoms with Crippen molar-refractivity contribution in [1.82, 2.24) is 4.90 Å². The Morgan fingerprint density at radius 3 is 2.50 bits per heavy atom. The molecule has 0 amide bonds. The van der Waals surface area contributed by atoms with Crippen molar-refractivity contribution in [3.63, 3.8) is 0 Å². The van der Waals surface area contributed by atoms with Gasteiger partial charge in [0, 0.05) is 35.8 Å². The van der Waals surface area contributed by atoms with Gasteiger partial charge in [-0.2, -0.15) is 0 Å². The van der Waals surface area contributed by atoms with E-state index in [0.29, 0.717) is 5.76 Å². The molecule has 0 spiro atoms. The second-order valence-corrected chi connectivity index (χ2v) is 8.34. The van der Waals surface area contributed by atoms with Gasteiger partial charge < -0.3 is 15.3 Å². The smallest absolute Gasteiger partial charge is 0.133 e. The van der Waals surface area contributed by atoms with E-state index in [0.717, 1.165) is 50.0 Å². The minimum atomic E-state index is 0.0719. The number of aryl methyl sites for hydroxylation is 1. The van der Waals surface area contributed by atoms with Crippen LogP contribution in [-0.2, 0) is 11.8 Å². The lowest BCUT2D eigenvalue weighted by atomic mass is 9.75. The quantitative estimate of drug-likeness (QED) is 0.488. The average Bonchev–Trinajstić information content (AvgIpc) is 2.95. The van der Waals surface area contributed by atoms with Crippen molar-refractivity contribution >= 4 is 5.69 Å². The average molecular weight is 410 g/mol. The normalized spacial score (nSPS) is 16.5. The lowest BCUT2D eigenvalue weighted by molar-refractivity contribution is -0.540. The number of nitrogens with zero attached hydrogens (tertiary/aromatic N) is 1. The van der Waals surface area contributed by atoms with Crippen LogP contribution in [0.4, 0.5) is 5.69 Å². The van der Waals surface area contributed by atoms with Crippen molar-refractivity contribution in [1.29, 1.82) is 0 Å². The van der Waals surface area contributed by atoms with E-state index in [4.69, 9.17) is 0 Å². The fourth-order valence-electron chi connectivity index (χ4n) is 4.13. The van der Waals surface area contributed by atoms with Gasteiger partial charge in [-0.05, 0) is 68.9 Å². The fraction of sp³-hybridized carbons (Fsp3) is 0.481. The molecule has 1 aromatic carbocycles. The zero-order valence-electron chi connectivity index (χ0n) is 19.8. The van der Waals surface area contributed by atoms with Crippen LogP contribution in [0.3, 0.4) is 0 Å². The van der Waals surface area contributed by atoms with E-state index in [1.165, 1.54) is 16.8 Å². The third kappa shape index (κ3) is 5.66. The van der Waals surface area contributed by atoms with Crippen LogP contribution in [0.5, 0.6) is 0 Å². The number of allylic oxidation sites excluding steroid dienone is 6. The molecule has 0 radical (unpaired) electrons. The van der Waals surface area contributed by atoms with Crippen molar-refractivity contribution in [2.24, 2.45) is 0 Å². The number of benzene rings is 1. The Morgan fingerprint density at radius 2 is 1.90 bits per heavy atom. The van der Waals surface area contributed by atoms with E-state index < -0.39 is 0 Å². The molecule has 0 heterocycles. The molecular formula is C27H41N2O+. The molecule has 0 aromatic heterocycles. The SMILES string of the molecule is CCc1ccc([NH2+]C)c(C(C)(CC)C/C=C/C2=C(O)C=C(N(CC)CC)C=CC2)c1. The van der Waals surface area contributed by atoms with Gasteiger partial charge in [0.15, 0.2) is 0 Å². The number of likely N-dealkylation sites (N-methyl/N-ethyl adjacent to an activating group) is 1. The van der Waals surface area contributed by atoms with Gasteiger partial charge in [-0.15, -0.1) is 0 Å². The molecule has 0 aliphatic heterocycles. The Morgan fingerprint density at radius 1 is 1.17 bits per heavy atom. The Bertz CT molecular complexity index is 827. The molecule has 3 heteroatoms. The molecule has 1 aliphatic rings. The van der Waals surface area contributed by atoms with Crippen molar-refractivity contribution in [3.05, 3.63) is 76.7 Å². The summed E-state index contributed by atoms with van der Waals surface area (Å²) in [6, 6.07) is 6.89. The number of aliphatic hydroxyl groups excluding tert-OH is 1. The van der Waals surface area contributed by atoms with Crippen molar-refractivity contribution in [2.45, 2.75) is 65.7 Å². The molecule has 1 aromatic rings. The van der Waals surface area contributed by atoms with Gasteiger partial charge in [-0.3, -0.25) is 0 Å². The molecule has 3 N–H and O–H groups in total. The van der Waals surface area contributed by atoms with Crippen LogP contribution in [0.25, 0.3) is 0 Å².